The average molecular weight is 498 g/mol. The van der Waals surface area contributed by atoms with E-state index in [9.17, 15) is 19.0 Å². The topological polar surface area (TPSA) is 145 Å². The minimum absolute atomic E-state index is 0.0669. The van der Waals surface area contributed by atoms with Crippen molar-refractivity contribution in [3.05, 3.63) is 24.3 Å². The predicted octanol–water partition coefficient (Wildman–Crippen LogP) is 1.42. The number of rotatable bonds is 22. The molecule has 0 radical (unpaired) electrons. The fraction of sp³-hybridized carbons (Fsp3) is 0.700. The Labute approximate surface area is 194 Å². The fourth-order valence-corrected chi connectivity index (χ4v) is 2.42. The number of hydrogen-bond donors (Lipinski definition) is 1. The van der Waals surface area contributed by atoms with E-state index in [1.807, 2.05) is 0 Å². The van der Waals surface area contributed by atoms with Crippen molar-refractivity contribution in [2.75, 3.05) is 79.3 Å². The standard InChI is InChI=1S/C20H35O12P/c1-17(2)19(21)29-13-9-25-5-7-27-11-15-31-33(23,24)32-16-12-28-8-6-26-10-14-30-20(22)18(3)4/h1,3,5-16H2,2,4H3,(H,23,24). The van der Waals surface area contributed by atoms with E-state index in [1.165, 1.54) is 0 Å². The molecule has 0 unspecified atom stereocenters. The van der Waals surface area contributed by atoms with Crippen molar-refractivity contribution in [1.29, 1.82) is 0 Å². The van der Waals surface area contributed by atoms with Gasteiger partial charge in [-0.2, -0.15) is 0 Å². The summed E-state index contributed by atoms with van der Waals surface area (Å²) in [6.45, 7) is 11.5. The number of carbonyl (C=O) groups is 2. The van der Waals surface area contributed by atoms with Gasteiger partial charge in [-0.25, -0.2) is 14.2 Å². The Morgan fingerprint density at radius 3 is 1.18 bits per heavy atom. The van der Waals surface area contributed by atoms with E-state index in [-0.39, 0.29) is 79.3 Å². The van der Waals surface area contributed by atoms with E-state index in [0.29, 0.717) is 11.1 Å². The van der Waals surface area contributed by atoms with Crippen LogP contribution in [0.2, 0.25) is 0 Å². The van der Waals surface area contributed by atoms with Gasteiger partial charge in [-0.3, -0.25) is 9.05 Å². The third-order valence-corrected chi connectivity index (χ3v) is 4.34. The van der Waals surface area contributed by atoms with E-state index in [4.69, 9.17) is 37.5 Å². The molecule has 0 aliphatic rings. The lowest BCUT2D eigenvalue weighted by atomic mass is 10.4. The number of phosphoric ester groups is 1. The Morgan fingerprint density at radius 1 is 0.606 bits per heavy atom. The van der Waals surface area contributed by atoms with Crippen LogP contribution in [-0.4, -0.2) is 96.1 Å². The molecule has 1 N–H and O–H groups in total. The Balaban J connectivity index is 3.45. The second-order valence-electron chi connectivity index (χ2n) is 6.42. The second-order valence-corrected chi connectivity index (χ2v) is 7.87. The SMILES string of the molecule is C=C(C)C(=O)OCCOCCOCCOP(=O)(O)OCCOCCOCCOC(=O)C(=C)C. The molecule has 0 amide bonds. The van der Waals surface area contributed by atoms with Crippen LogP contribution in [0.5, 0.6) is 0 Å². The summed E-state index contributed by atoms with van der Waals surface area (Å²) in [5, 5.41) is 0. The molecule has 192 valence electrons. The Morgan fingerprint density at radius 2 is 0.879 bits per heavy atom. The Bertz CT molecular complexity index is 587. The van der Waals surface area contributed by atoms with Crippen LogP contribution in [0.4, 0.5) is 0 Å². The molecule has 0 aromatic carbocycles. The zero-order chi connectivity index (χ0) is 25.0. The third-order valence-electron chi connectivity index (χ3n) is 3.33. The van der Waals surface area contributed by atoms with Gasteiger partial charge in [-0.15, -0.1) is 0 Å². The van der Waals surface area contributed by atoms with Gasteiger partial charge in [0.1, 0.15) is 13.2 Å². The summed E-state index contributed by atoms with van der Waals surface area (Å²) in [4.78, 5) is 31.8. The van der Waals surface area contributed by atoms with Crippen LogP contribution in [0.1, 0.15) is 13.8 Å². The number of hydrogen-bond acceptors (Lipinski definition) is 11. The number of carbonyl (C=O) groups excluding carboxylic acids is 2. The van der Waals surface area contributed by atoms with E-state index in [2.05, 4.69) is 13.2 Å². The zero-order valence-electron chi connectivity index (χ0n) is 19.3. The number of ether oxygens (including phenoxy) is 6. The van der Waals surface area contributed by atoms with Gasteiger partial charge in [0.15, 0.2) is 0 Å². The minimum Gasteiger partial charge on any atom is -0.460 e. The minimum atomic E-state index is -4.20. The van der Waals surface area contributed by atoms with Crippen molar-refractivity contribution in [1.82, 2.24) is 0 Å². The highest BCUT2D eigenvalue weighted by molar-refractivity contribution is 7.47. The number of esters is 2. The van der Waals surface area contributed by atoms with Gasteiger partial charge >= 0.3 is 19.8 Å². The average Bonchev–Trinajstić information content (AvgIpc) is 2.75. The van der Waals surface area contributed by atoms with E-state index >= 15 is 0 Å². The van der Waals surface area contributed by atoms with Gasteiger partial charge in [0.05, 0.1) is 66.1 Å². The van der Waals surface area contributed by atoms with Crippen molar-refractivity contribution in [2.45, 2.75) is 13.8 Å². The first-order chi connectivity index (χ1) is 15.7. The van der Waals surface area contributed by atoms with Gasteiger partial charge < -0.3 is 33.3 Å². The fourth-order valence-electron chi connectivity index (χ4n) is 1.74. The molecule has 0 saturated heterocycles. The van der Waals surface area contributed by atoms with Crippen molar-refractivity contribution < 1.29 is 56.5 Å². The highest BCUT2D eigenvalue weighted by atomic mass is 31.2. The lowest BCUT2D eigenvalue weighted by Gasteiger charge is -2.12. The van der Waals surface area contributed by atoms with Gasteiger partial charge in [-0.05, 0) is 13.8 Å². The molecule has 0 rings (SSSR count). The zero-order valence-corrected chi connectivity index (χ0v) is 20.2. The Kier molecular flexibility index (Phi) is 18.8. The molecule has 0 aliphatic carbocycles. The van der Waals surface area contributed by atoms with E-state index < -0.39 is 19.8 Å². The first-order valence-electron chi connectivity index (χ1n) is 10.2. The van der Waals surface area contributed by atoms with Gasteiger partial charge in [0.25, 0.3) is 0 Å². The molecule has 12 nitrogen and oxygen atoms in total. The number of phosphoric acid groups is 1. The summed E-state index contributed by atoms with van der Waals surface area (Å²) in [6, 6.07) is 0. The first kappa shape index (κ1) is 31.4. The normalized spacial score (nSPS) is 11.2. The van der Waals surface area contributed by atoms with Crippen molar-refractivity contribution >= 4 is 19.8 Å². The van der Waals surface area contributed by atoms with Crippen LogP contribution in [0.3, 0.4) is 0 Å². The molecular formula is C20H35O12P. The van der Waals surface area contributed by atoms with Crippen molar-refractivity contribution in [3.8, 4) is 0 Å². The molecule has 0 atom stereocenters. The monoisotopic (exact) mass is 498 g/mol. The molecule has 33 heavy (non-hydrogen) atoms. The molecule has 0 bridgehead atoms. The van der Waals surface area contributed by atoms with Crippen LogP contribution < -0.4 is 0 Å². The first-order valence-corrected chi connectivity index (χ1v) is 11.7. The van der Waals surface area contributed by atoms with Crippen molar-refractivity contribution in [3.63, 3.8) is 0 Å². The maximum Gasteiger partial charge on any atom is 0.472 e. The van der Waals surface area contributed by atoms with Crippen LogP contribution in [0.25, 0.3) is 0 Å². The Hall–Kier alpha value is -1.63. The van der Waals surface area contributed by atoms with Crippen LogP contribution >= 0.6 is 7.82 Å². The highest BCUT2D eigenvalue weighted by Crippen LogP contribution is 2.42. The van der Waals surface area contributed by atoms with Crippen LogP contribution in [0, 0.1) is 0 Å². The lowest BCUT2D eigenvalue weighted by Crippen LogP contribution is -2.14. The summed E-state index contributed by atoms with van der Waals surface area (Å²) in [6.07, 6.45) is 0. The molecule has 0 aromatic heterocycles. The summed E-state index contributed by atoms with van der Waals surface area (Å²) in [7, 11) is -4.20. The molecule has 0 aromatic rings. The molecule has 0 fully saturated rings. The quantitative estimate of drug-likeness (QED) is 0.0997. The van der Waals surface area contributed by atoms with Crippen LogP contribution in [0.15, 0.2) is 24.3 Å². The molecule has 0 heterocycles. The van der Waals surface area contributed by atoms with E-state index in [1.54, 1.807) is 13.8 Å². The molecule has 0 aliphatic heterocycles. The van der Waals surface area contributed by atoms with Gasteiger partial charge in [0, 0.05) is 11.1 Å². The lowest BCUT2D eigenvalue weighted by molar-refractivity contribution is -0.141. The summed E-state index contributed by atoms with van der Waals surface area (Å²) < 4.78 is 51.7. The highest BCUT2D eigenvalue weighted by Gasteiger charge is 2.20. The molecule has 0 saturated carbocycles. The van der Waals surface area contributed by atoms with E-state index in [0.717, 1.165) is 0 Å². The second kappa shape index (κ2) is 19.8. The largest absolute Gasteiger partial charge is 0.472 e. The smallest absolute Gasteiger partial charge is 0.460 e. The maximum atomic E-state index is 11.7. The van der Waals surface area contributed by atoms with Crippen molar-refractivity contribution in [2.24, 2.45) is 0 Å². The summed E-state index contributed by atoms with van der Waals surface area (Å²) in [5.41, 5.74) is 0.635. The summed E-state index contributed by atoms with van der Waals surface area (Å²) >= 11 is 0. The van der Waals surface area contributed by atoms with Gasteiger partial charge in [0.2, 0.25) is 0 Å². The van der Waals surface area contributed by atoms with Crippen LogP contribution in [-0.2, 0) is 51.6 Å². The predicted molar refractivity (Wildman–Crippen MR) is 117 cm³/mol. The van der Waals surface area contributed by atoms with Gasteiger partial charge in [-0.1, -0.05) is 13.2 Å². The molecule has 0 spiro atoms. The maximum absolute atomic E-state index is 11.7. The third kappa shape index (κ3) is 20.7. The molecular weight excluding hydrogens is 463 g/mol. The summed E-state index contributed by atoms with van der Waals surface area (Å²) in [5.74, 6) is -0.946. The molecule has 13 heteroatoms.